The summed E-state index contributed by atoms with van der Waals surface area (Å²) in [5.74, 6) is 0.0490. The number of halogens is 3. The maximum atomic E-state index is 6.16. The molecule has 122 valence electrons. The Morgan fingerprint density at radius 2 is 1.87 bits per heavy atom. The molecule has 23 heavy (non-hydrogen) atoms. The van der Waals surface area contributed by atoms with E-state index in [2.05, 4.69) is 47.8 Å². The van der Waals surface area contributed by atoms with Crippen molar-refractivity contribution < 1.29 is 14.2 Å². The number of hydrogen-bond acceptors (Lipinski definition) is 3. The molecule has 0 aromatic heterocycles. The van der Waals surface area contributed by atoms with Gasteiger partial charge in [0.1, 0.15) is 18.5 Å². The highest BCUT2D eigenvalue weighted by Gasteiger charge is 2.42. The summed E-state index contributed by atoms with van der Waals surface area (Å²) in [6, 6.07) is 15.7. The molecular formula is C17H15Br3O3. The summed E-state index contributed by atoms with van der Waals surface area (Å²) < 4.78 is 19.9. The Kier molecular flexibility index (Phi) is 5.80. The van der Waals surface area contributed by atoms with Crippen LogP contribution < -0.4 is 4.74 Å². The van der Waals surface area contributed by atoms with Gasteiger partial charge < -0.3 is 14.2 Å². The molecule has 0 amide bonds. The van der Waals surface area contributed by atoms with Crippen molar-refractivity contribution in [2.45, 2.75) is 11.9 Å². The molecule has 2 atom stereocenters. The van der Waals surface area contributed by atoms with E-state index in [1.54, 1.807) is 0 Å². The highest BCUT2D eigenvalue weighted by Crippen LogP contribution is 2.37. The van der Waals surface area contributed by atoms with E-state index in [0.29, 0.717) is 18.5 Å². The van der Waals surface area contributed by atoms with Crippen molar-refractivity contribution in [2.75, 3.05) is 18.5 Å². The molecule has 2 unspecified atom stereocenters. The molecule has 0 saturated carbocycles. The minimum Gasteiger partial charge on any atom is -0.491 e. The van der Waals surface area contributed by atoms with E-state index in [4.69, 9.17) is 14.2 Å². The molecule has 1 saturated heterocycles. The van der Waals surface area contributed by atoms with E-state index < -0.39 is 5.79 Å². The van der Waals surface area contributed by atoms with Crippen molar-refractivity contribution in [2.24, 2.45) is 0 Å². The lowest BCUT2D eigenvalue weighted by molar-refractivity contribution is -0.159. The van der Waals surface area contributed by atoms with Crippen LogP contribution >= 0.6 is 47.8 Å². The average molecular weight is 507 g/mol. The smallest absolute Gasteiger partial charge is 0.205 e. The summed E-state index contributed by atoms with van der Waals surface area (Å²) in [7, 11) is 0. The van der Waals surface area contributed by atoms with Crippen LogP contribution in [0.1, 0.15) is 5.56 Å². The largest absolute Gasteiger partial charge is 0.491 e. The molecule has 2 aromatic carbocycles. The summed E-state index contributed by atoms with van der Waals surface area (Å²) in [6.45, 7) is 0.943. The van der Waals surface area contributed by atoms with Gasteiger partial charge in [0.2, 0.25) is 5.79 Å². The monoisotopic (exact) mass is 504 g/mol. The molecular weight excluding hydrogens is 492 g/mol. The third-order valence-corrected chi connectivity index (χ3v) is 5.31. The first-order valence-corrected chi connectivity index (χ1v) is 9.84. The van der Waals surface area contributed by atoms with Crippen LogP contribution in [-0.2, 0) is 15.3 Å². The van der Waals surface area contributed by atoms with Gasteiger partial charge >= 0.3 is 0 Å². The van der Waals surface area contributed by atoms with Crippen molar-refractivity contribution in [3.63, 3.8) is 0 Å². The lowest BCUT2D eigenvalue weighted by atomic mass is 10.1. The Labute approximate surface area is 160 Å². The van der Waals surface area contributed by atoms with Crippen LogP contribution in [0.5, 0.6) is 5.75 Å². The van der Waals surface area contributed by atoms with Gasteiger partial charge in [-0.3, -0.25) is 0 Å². The van der Waals surface area contributed by atoms with Crippen LogP contribution in [0.25, 0.3) is 0 Å². The van der Waals surface area contributed by atoms with Gasteiger partial charge in [0.05, 0.1) is 11.9 Å². The molecule has 6 heteroatoms. The Morgan fingerprint density at radius 3 is 2.57 bits per heavy atom. The second-order valence-electron chi connectivity index (χ2n) is 5.21. The number of rotatable bonds is 5. The molecule has 0 bridgehead atoms. The molecule has 1 aliphatic rings. The number of hydrogen-bond donors (Lipinski definition) is 0. The summed E-state index contributed by atoms with van der Waals surface area (Å²) >= 11 is 10.4. The van der Waals surface area contributed by atoms with Gasteiger partial charge in [-0.25, -0.2) is 0 Å². The summed E-state index contributed by atoms with van der Waals surface area (Å²) in [6.07, 6.45) is -0.116. The predicted octanol–water partition coefficient (Wildman–Crippen LogP) is 5.25. The van der Waals surface area contributed by atoms with Gasteiger partial charge in [0.15, 0.2) is 0 Å². The van der Waals surface area contributed by atoms with Crippen LogP contribution in [0.15, 0.2) is 57.5 Å². The Balaban J connectivity index is 1.65. The molecule has 3 rings (SSSR count). The van der Waals surface area contributed by atoms with Gasteiger partial charge in [-0.15, -0.1) is 0 Å². The van der Waals surface area contributed by atoms with Crippen LogP contribution in [0.4, 0.5) is 0 Å². The van der Waals surface area contributed by atoms with E-state index in [0.717, 1.165) is 20.3 Å². The fraction of sp³-hybridized carbons (Fsp3) is 0.294. The summed E-state index contributed by atoms with van der Waals surface area (Å²) in [5.41, 5.74) is 0.981. The predicted molar refractivity (Wildman–Crippen MR) is 100 cm³/mol. The quantitative estimate of drug-likeness (QED) is 0.518. The Morgan fingerprint density at radius 1 is 1.09 bits per heavy atom. The van der Waals surface area contributed by atoms with Crippen LogP contribution in [-0.4, -0.2) is 24.6 Å². The maximum absolute atomic E-state index is 6.16. The van der Waals surface area contributed by atoms with Crippen LogP contribution in [0.2, 0.25) is 0 Å². The van der Waals surface area contributed by atoms with Crippen LogP contribution in [0, 0.1) is 0 Å². The SMILES string of the molecule is BrCC1(c2cccc(Br)c2)OCC(COc2ccc(Br)cc2)O1. The van der Waals surface area contributed by atoms with Crippen molar-refractivity contribution in [1.29, 1.82) is 0 Å². The Hall–Kier alpha value is -0.400. The molecule has 1 aliphatic heterocycles. The normalized spacial score (nSPS) is 23.9. The summed E-state index contributed by atoms with van der Waals surface area (Å²) in [5, 5.41) is 0.561. The van der Waals surface area contributed by atoms with E-state index in [-0.39, 0.29) is 6.10 Å². The number of ether oxygens (including phenoxy) is 3. The minimum atomic E-state index is -0.766. The van der Waals surface area contributed by atoms with Gasteiger partial charge in [0.25, 0.3) is 0 Å². The highest BCUT2D eigenvalue weighted by atomic mass is 79.9. The fourth-order valence-electron chi connectivity index (χ4n) is 2.39. The zero-order valence-electron chi connectivity index (χ0n) is 12.2. The summed E-state index contributed by atoms with van der Waals surface area (Å²) in [4.78, 5) is 0. The molecule has 2 aromatic rings. The van der Waals surface area contributed by atoms with Crippen molar-refractivity contribution >= 4 is 47.8 Å². The third-order valence-electron chi connectivity index (χ3n) is 3.55. The van der Waals surface area contributed by atoms with E-state index in [9.17, 15) is 0 Å². The van der Waals surface area contributed by atoms with Crippen LogP contribution in [0.3, 0.4) is 0 Å². The standard InChI is InChI=1S/C17H15Br3O3/c18-11-17(12-2-1-3-14(20)8-12)22-10-16(23-17)9-21-15-6-4-13(19)5-7-15/h1-8,16H,9-11H2. The zero-order chi connectivity index (χ0) is 16.3. The highest BCUT2D eigenvalue weighted by molar-refractivity contribution is 9.10. The molecule has 0 radical (unpaired) electrons. The van der Waals surface area contributed by atoms with Gasteiger partial charge in [-0.1, -0.05) is 59.9 Å². The lowest BCUT2D eigenvalue weighted by Crippen LogP contribution is -2.31. The van der Waals surface area contributed by atoms with E-state index in [1.807, 2.05) is 48.5 Å². The van der Waals surface area contributed by atoms with Gasteiger partial charge in [-0.05, 0) is 36.4 Å². The molecule has 1 fully saturated rings. The second kappa shape index (κ2) is 7.66. The molecule has 0 N–H and O–H groups in total. The third kappa shape index (κ3) is 4.17. The lowest BCUT2D eigenvalue weighted by Gasteiger charge is -2.26. The average Bonchev–Trinajstić information content (AvgIpc) is 2.99. The maximum Gasteiger partial charge on any atom is 0.205 e. The molecule has 3 nitrogen and oxygen atoms in total. The second-order valence-corrected chi connectivity index (χ2v) is 7.60. The number of benzene rings is 2. The number of alkyl halides is 1. The van der Waals surface area contributed by atoms with Crippen molar-refractivity contribution in [1.82, 2.24) is 0 Å². The minimum absolute atomic E-state index is 0.116. The first kappa shape index (κ1) is 17.4. The van der Waals surface area contributed by atoms with E-state index in [1.165, 1.54) is 0 Å². The Bertz CT molecular complexity index is 662. The molecule has 0 aliphatic carbocycles. The van der Waals surface area contributed by atoms with Crippen molar-refractivity contribution in [3.05, 3.63) is 63.0 Å². The van der Waals surface area contributed by atoms with E-state index >= 15 is 0 Å². The molecule has 0 spiro atoms. The first-order chi connectivity index (χ1) is 11.1. The van der Waals surface area contributed by atoms with Gasteiger partial charge in [0, 0.05) is 14.5 Å². The first-order valence-electron chi connectivity index (χ1n) is 7.13. The zero-order valence-corrected chi connectivity index (χ0v) is 16.9. The topological polar surface area (TPSA) is 27.7 Å². The van der Waals surface area contributed by atoms with Gasteiger partial charge in [-0.2, -0.15) is 0 Å². The molecule has 1 heterocycles. The van der Waals surface area contributed by atoms with Crippen molar-refractivity contribution in [3.8, 4) is 5.75 Å². The fourth-order valence-corrected chi connectivity index (χ4v) is 3.67.